The number of hydrogen-bond donors (Lipinski definition) is 2. The van der Waals surface area contributed by atoms with Gasteiger partial charge in [0, 0.05) is 0 Å². The molecule has 0 unspecified atom stereocenters. The van der Waals surface area contributed by atoms with Crippen molar-refractivity contribution in [3.05, 3.63) is 12.3 Å². The summed E-state index contributed by atoms with van der Waals surface area (Å²) in [6.45, 7) is 5.14. The number of hydrogen-bond acceptors (Lipinski definition) is 5. The van der Waals surface area contributed by atoms with Gasteiger partial charge < -0.3 is 19.7 Å². The van der Waals surface area contributed by atoms with Crippen molar-refractivity contribution >= 4 is 5.97 Å². The Hall–Kier alpha value is -1.07. The molecule has 0 aromatic rings. The van der Waals surface area contributed by atoms with Gasteiger partial charge in [0.25, 0.3) is 0 Å². The normalized spacial score (nSPS) is 29.7. The zero-order valence-electron chi connectivity index (χ0n) is 9.71. The molecule has 0 radical (unpaired) electrons. The molecule has 92 valence electrons. The van der Waals surface area contributed by atoms with Gasteiger partial charge in [-0.3, -0.25) is 4.79 Å². The van der Waals surface area contributed by atoms with E-state index in [1.165, 1.54) is 12.3 Å². The van der Waals surface area contributed by atoms with Crippen LogP contribution in [0.2, 0.25) is 0 Å². The summed E-state index contributed by atoms with van der Waals surface area (Å²) in [5.41, 5.74) is -0.589. The molecule has 1 aliphatic heterocycles. The van der Waals surface area contributed by atoms with Crippen LogP contribution in [-0.4, -0.2) is 41.1 Å². The Morgan fingerprint density at radius 2 is 2.06 bits per heavy atom. The Labute approximate surface area is 94.7 Å². The van der Waals surface area contributed by atoms with Crippen molar-refractivity contribution < 1.29 is 24.5 Å². The van der Waals surface area contributed by atoms with E-state index >= 15 is 0 Å². The Balaban J connectivity index is 2.44. The average molecular weight is 230 g/mol. The van der Waals surface area contributed by atoms with E-state index in [0.717, 1.165) is 0 Å². The van der Waals surface area contributed by atoms with Gasteiger partial charge in [0.05, 0.1) is 11.7 Å². The maximum Gasteiger partial charge on any atom is 0.311 e. The van der Waals surface area contributed by atoms with Crippen molar-refractivity contribution in [2.75, 3.05) is 6.61 Å². The van der Waals surface area contributed by atoms with Crippen LogP contribution >= 0.6 is 0 Å². The molecule has 16 heavy (non-hydrogen) atoms. The van der Waals surface area contributed by atoms with Crippen LogP contribution in [0.4, 0.5) is 0 Å². The molecule has 0 fully saturated rings. The first-order chi connectivity index (χ1) is 7.32. The van der Waals surface area contributed by atoms with Crippen molar-refractivity contribution in [3.8, 4) is 0 Å². The molecule has 0 spiro atoms. The van der Waals surface area contributed by atoms with Crippen molar-refractivity contribution in [1.29, 1.82) is 0 Å². The fourth-order valence-corrected chi connectivity index (χ4v) is 1.15. The molecular formula is C11H18O5. The number of rotatable bonds is 2. The Morgan fingerprint density at radius 1 is 1.44 bits per heavy atom. The van der Waals surface area contributed by atoms with Gasteiger partial charge in [-0.15, -0.1) is 0 Å². The Morgan fingerprint density at radius 3 is 2.62 bits per heavy atom. The van der Waals surface area contributed by atoms with Gasteiger partial charge in [0.2, 0.25) is 0 Å². The first-order valence-electron chi connectivity index (χ1n) is 5.18. The lowest BCUT2D eigenvalue weighted by molar-refractivity contribution is -0.161. The number of esters is 1. The second kappa shape index (κ2) is 4.84. The van der Waals surface area contributed by atoms with Crippen molar-refractivity contribution in [2.24, 2.45) is 5.41 Å². The van der Waals surface area contributed by atoms with E-state index in [1.54, 1.807) is 20.8 Å². The van der Waals surface area contributed by atoms with Gasteiger partial charge in [-0.05, 0) is 26.8 Å². The maximum atomic E-state index is 11.5. The van der Waals surface area contributed by atoms with E-state index in [4.69, 9.17) is 9.47 Å². The van der Waals surface area contributed by atoms with Gasteiger partial charge >= 0.3 is 5.97 Å². The summed E-state index contributed by atoms with van der Waals surface area (Å²) in [7, 11) is 0. The van der Waals surface area contributed by atoms with E-state index in [1.807, 2.05) is 0 Å². The molecule has 3 atom stereocenters. The van der Waals surface area contributed by atoms with E-state index in [0.29, 0.717) is 0 Å². The topological polar surface area (TPSA) is 76.0 Å². The largest absolute Gasteiger partial charge is 0.492 e. The molecule has 2 N–H and O–H groups in total. The smallest absolute Gasteiger partial charge is 0.311 e. The van der Waals surface area contributed by atoms with E-state index in [-0.39, 0.29) is 12.6 Å². The zero-order chi connectivity index (χ0) is 12.3. The number of carbonyl (C=O) groups excluding carboxylic acids is 1. The molecule has 0 aromatic heterocycles. The molecule has 1 aliphatic rings. The lowest BCUT2D eigenvalue weighted by atomic mass is 9.97. The predicted octanol–water partition coefficient (Wildman–Crippen LogP) is 0.210. The van der Waals surface area contributed by atoms with E-state index < -0.39 is 23.7 Å². The zero-order valence-corrected chi connectivity index (χ0v) is 9.71. The van der Waals surface area contributed by atoms with Crippen LogP contribution in [0.1, 0.15) is 20.8 Å². The van der Waals surface area contributed by atoms with Gasteiger partial charge in [-0.2, -0.15) is 0 Å². The van der Waals surface area contributed by atoms with Gasteiger partial charge in [-0.25, -0.2) is 0 Å². The number of ether oxygens (including phenoxy) is 2. The first kappa shape index (κ1) is 13.0. The highest BCUT2D eigenvalue weighted by Gasteiger charge is 2.31. The maximum absolute atomic E-state index is 11.5. The Bertz CT molecular complexity index is 279. The SMILES string of the molecule is CC(C)(C)C(=O)OC[C@H]1OC=C[C@@H](O)[C@H]1O. The Kier molecular flexibility index (Phi) is 3.93. The van der Waals surface area contributed by atoms with Crippen molar-refractivity contribution in [2.45, 2.75) is 39.1 Å². The molecular weight excluding hydrogens is 212 g/mol. The molecule has 5 nitrogen and oxygen atoms in total. The second-order valence-corrected chi connectivity index (χ2v) is 4.83. The molecule has 1 rings (SSSR count). The quantitative estimate of drug-likeness (QED) is 0.663. The van der Waals surface area contributed by atoms with Crippen molar-refractivity contribution in [3.63, 3.8) is 0 Å². The van der Waals surface area contributed by atoms with Gasteiger partial charge in [0.15, 0.2) is 6.10 Å². The highest BCUT2D eigenvalue weighted by molar-refractivity contribution is 5.75. The molecule has 0 bridgehead atoms. The predicted molar refractivity (Wildman–Crippen MR) is 56.4 cm³/mol. The van der Waals surface area contributed by atoms with Crippen LogP contribution in [0, 0.1) is 5.41 Å². The minimum Gasteiger partial charge on any atom is -0.492 e. The standard InChI is InChI=1S/C11H18O5/c1-11(2,3)10(14)16-6-8-9(13)7(12)4-5-15-8/h4-5,7-9,12-13H,6H2,1-3H3/t7-,8-,9-/m1/s1. The number of carbonyl (C=O) groups is 1. The first-order valence-corrected chi connectivity index (χ1v) is 5.18. The second-order valence-electron chi connectivity index (χ2n) is 4.83. The van der Waals surface area contributed by atoms with Crippen LogP contribution in [0.15, 0.2) is 12.3 Å². The van der Waals surface area contributed by atoms with Crippen LogP contribution < -0.4 is 0 Å². The molecule has 0 aromatic carbocycles. The van der Waals surface area contributed by atoms with Crippen LogP contribution in [-0.2, 0) is 14.3 Å². The fraction of sp³-hybridized carbons (Fsp3) is 0.727. The summed E-state index contributed by atoms with van der Waals surface area (Å²) in [6, 6.07) is 0. The van der Waals surface area contributed by atoms with Gasteiger partial charge in [-0.1, -0.05) is 0 Å². The monoisotopic (exact) mass is 230 g/mol. The van der Waals surface area contributed by atoms with Gasteiger partial charge in [0.1, 0.15) is 18.8 Å². The average Bonchev–Trinajstić information content (AvgIpc) is 2.18. The summed E-state index contributed by atoms with van der Waals surface area (Å²) >= 11 is 0. The summed E-state index contributed by atoms with van der Waals surface area (Å²) in [5, 5.41) is 18.9. The van der Waals surface area contributed by atoms with Crippen LogP contribution in [0.25, 0.3) is 0 Å². The minimum absolute atomic E-state index is 0.0708. The summed E-state index contributed by atoms with van der Waals surface area (Å²) in [6.07, 6.45) is -0.129. The van der Waals surface area contributed by atoms with Crippen molar-refractivity contribution in [1.82, 2.24) is 0 Å². The number of aliphatic hydroxyl groups is 2. The summed E-state index contributed by atoms with van der Waals surface area (Å²) in [5.74, 6) is -0.368. The molecule has 5 heteroatoms. The van der Waals surface area contributed by atoms with Crippen LogP contribution in [0.5, 0.6) is 0 Å². The highest BCUT2D eigenvalue weighted by atomic mass is 16.6. The molecule has 1 heterocycles. The molecule has 0 amide bonds. The van der Waals surface area contributed by atoms with E-state index in [2.05, 4.69) is 0 Å². The molecule has 0 saturated carbocycles. The number of aliphatic hydroxyl groups excluding tert-OH is 2. The highest BCUT2D eigenvalue weighted by Crippen LogP contribution is 2.17. The minimum atomic E-state index is -1.07. The van der Waals surface area contributed by atoms with E-state index in [9.17, 15) is 15.0 Å². The fourth-order valence-electron chi connectivity index (χ4n) is 1.15. The summed E-state index contributed by atoms with van der Waals surface area (Å²) < 4.78 is 10.1. The van der Waals surface area contributed by atoms with Crippen LogP contribution in [0.3, 0.4) is 0 Å². The third kappa shape index (κ3) is 3.21. The lowest BCUT2D eigenvalue weighted by Crippen LogP contribution is -2.43. The third-order valence-corrected chi connectivity index (χ3v) is 2.25. The summed E-state index contributed by atoms with van der Waals surface area (Å²) in [4.78, 5) is 11.5. The molecule has 0 aliphatic carbocycles. The molecule has 0 saturated heterocycles. The third-order valence-electron chi connectivity index (χ3n) is 2.25. The lowest BCUT2D eigenvalue weighted by Gasteiger charge is -2.28.